The van der Waals surface area contributed by atoms with E-state index in [1.165, 1.54) is 60.7 Å². The average Bonchev–Trinajstić information content (AvgIpc) is 3.95. The topological polar surface area (TPSA) is 16.4 Å². The number of fused-ring (bicyclic) bond motifs is 18. The number of furan rings is 1. The van der Waals surface area contributed by atoms with Gasteiger partial charge in [-0.2, -0.15) is 0 Å². The summed E-state index contributed by atoms with van der Waals surface area (Å²) < 4.78 is 6.99. The number of nitrogens with zero attached hydrogens (tertiary/aromatic N) is 1. The van der Waals surface area contributed by atoms with Crippen LogP contribution < -0.4 is 4.90 Å². The lowest BCUT2D eigenvalue weighted by Gasteiger charge is -2.32. The van der Waals surface area contributed by atoms with Gasteiger partial charge in [-0.3, -0.25) is 0 Å². The quantitative estimate of drug-likeness (QED) is 0.167. The molecule has 1 heterocycles. The molecule has 1 aromatic heterocycles. The fourth-order valence-corrected chi connectivity index (χ4v) is 10.8. The number of para-hydroxylation sites is 1. The first-order chi connectivity index (χ1) is 29.3. The van der Waals surface area contributed by atoms with Crippen LogP contribution in [0.3, 0.4) is 0 Å². The fourth-order valence-electron chi connectivity index (χ4n) is 10.8. The molecule has 0 bridgehead atoms. The standard InChI is InChI=1S/C57H35NO/c1-3-17-36(18-4-1)53-51(33-34-52-55(53)54-45-26-9-7-21-39(45)40-22-8-10-27-46(40)56(54)59-52)58(37-19-5-2-6-20-37)38-31-32-44-43-25-13-16-30-49(43)57(50(44)35-38)47-28-14-11-23-41(47)42-24-12-15-29-48(42)57/h1-35H. The van der Waals surface area contributed by atoms with Gasteiger partial charge in [-0.05, 0) is 103 Å². The van der Waals surface area contributed by atoms with Gasteiger partial charge in [0, 0.05) is 33.1 Å². The second-order valence-corrected chi connectivity index (χ2v) is 15.9. The van der Waals surface area contributed by atoms with E-state index < -0.39 is 5.41 Å². The highest BCUT2D eigenvalue weighted by atomic mass is 16.3. The van der Waals surface area contributed by atoms with Crippen LogP contribution in [-0.2, 0) is 5.41 Å². The first-order valence-electron chi connectivity index (χ1n) is 20.4. The van der Waals surface area contributed by atoms with Crippen molar-refractivity contribution in [3.63, 3.8) is 0 Å². The van der Waals surface area contributed by atoms with Crippen molar-refractivity contribution < 1.29 is 4.42 Å². The number of benzene rings is 10. The molecule has 13 rings (SSSR count). The lowest BCUT2D eigenvalue weighted by Crippen LogP contribution is -2.26. The molecule has 2 aliphatic carbocycles. The Balaban J connectivity index is 1.15. The summed E-state index contributed by atoms with van der Waals surface area (Å²) >= 11 is 0. The van der Waals surface area contributed by atoms with Crippen LogP contribution in [0, 0.1) is 0 Å². The van der Waals surface area contributed by atoms with Crippen molar-refractivity contribution in [2.45, 2.75) is 5.41 Å². The smallest absolute Gasteiger partial charge is 0.143 e. The lowest BCUT2D eigenvalue weighted by atomic mass is 9.70. The number of rotatable bonds is 4. The van der Waals surface area contributed by atoms with Crippen molar-refractivity contribution in [3.05, 3.63) is 235 Å². The van der Waals surface area contributed by atoms with Crippen molar-refractivity contribution in [2.75, 3.05) is 4.90 Å². The Morgan fingerprint density at radius 2 is 0.864 bits per heavy atom. The molecule has 0 saturated heterocycles. The molecular formula is C57H35NO. The molecule has 2 heteroatoms. The molecule has 0 atom stereocenters. The summed E-state index contributed by atoms with van der Waals surface area (Å²) in [6, 6.07) is 77.9. The predicted octanol–water partition coefficient (Wildman–Crippen LogP) is 15.4. The largest absolute Gasteiger partial charge is 0.455 e. The third-order valence-corrected chi connectivity index (χ3v) is 13.0. The second kappa shape index (κ2) is 12.2. The molecule has 2 nitrogen and oxygen atoms in total. The van der Waals surface area contributed by atoms with Crippen molar-refractivity contribution >= 4 is 60.5 Å². The van der Waals surface area contributed by atoms with Gasteiger partial charge in [0.25, 0.3) is 0 Å². The van der Waals surface area contributed by atoms with E-state index in [-0.39, 0.29) is 0 Å². The Morgan fingerprint density at radius 1 is 0.356 bits per heavy atom. The molecule has 0 aliphatic heterocycles. The van der Waals surface area contributed by atoms with E-state index in [4.69, 9.17) is 4.42 Å². The van der Waals surface area contributed by atoms with Crippen LogP contribution in [0.25, 0.3) is 76.9 Å². The van der Waals surface area contributed by atoms with E-state index in [0.717, 1.165) is 55.5 Å². The maximum atomic E-state index is 6.99. The summed E-state index contributed by atoms with van der Waals surface area (Å²) in [5.41, 5.74) is 17.4. The Morgan fingerprint density at radius 3 is 1.51 bits per heavy atom. The molecule has 10 aromatic carbocycles. The minimum Gasteiger partial charge on any atom is -0.455 e. The summed E-state index contributed by atoms with van der Waals surface area (Å²) in [6.45, 7) is 0. The molecule has 0 N–H and O–H groups in total. The molecule has 0 amide bonds. The van der Waals surface area contributed by atoms with Crippen LogP contribution in [0.5, 0.6) is 0 Å². The summed E-state index contributed by atoms with van der Waals surface area (Å²) in [5.74, 6) is 0. The lowest BCUT2D eigenvalue weighted by molar-refractivity contribution is 0.673. The summed E-state index contributed by atoms with van der Waals surface area (Å²) in [5, 5.41) is 7.00. The van der Waals surface area contributed by atoms with Crippen molar-refractivity contribution in [1.29, 1.82) is 0 Å². The summed E-state index contributed by atoms with van der Waals surface area (Å²) in [7, 11) is 0. The third kappa shape index (κ3) is 4.30. The average molecular weight is 750 g/mol. The monoisotopic (exact) mass is 749 g/mol. The summed E-state index contributed by atoms with van der Waals surface area (Å²) in [4.78, 5) is 2.47. The molecule has 0 saturated carbocycles. The number of hydrogen-bond donors (Lipinski definition) is 0. The Labute approximate surface area is 341 Å². The zero-order valence-electron chi connectivity index (χ0n) is 32.1. The molecule has 2 aliphatic rings. The van der Waals surface area contributed by atoms with Crippen molar-refractivity contribution in [3.8, 4) is 33.4 Å². The fraction of sp³-hybridized carbons (Fsp3) is 0.0175. The van der Waals surface area contributed by atoms with Gasteiger partial charge in [0.05, 0.1) is 11.1 Å². The van der Waals surface area contributed by atoms with E-state index in [1.807, 2.05) is 0 Å². The van der Waals surface area contributed by atoms with Crippen LogP contribution in [-0.4, -0.2) is 0 Å². The zero-order chi connectivity index (χ0) is 38.7. The maximum absolute atomic E-state index is 6.99. The first-order valence-corrected chi connectivity index (χ1v) is 20.4. The molecule has 274 valence electrons. The van der Waals surface area contributed by atoms with Crippen molar-refractivity contribution in [2.24, 2.45) is 0 Å². The highest BCUT2D eigenvalue weighted by Crippen LogP contribution is 2.63. The number of hydrogen-bond acceptors (Lipinski definition) is 2. The molecule has 0 fully saturated rings. The Kier molecular flexibility index (Phi) is 6.68. The van der Waals surface area contributed by atoms with Gasteiger partial charge < -0.3 is 9.32 Å². The van der Waals surface area contributed by atoms with E-state index in [1.54, 1.807) is 0 Å². The highest BCUT2D eigenvalue weighted by molar-refractivity contribution is 6.33. The highest BCUT2D eigenvalue weighted by Gasteiger charge is 2.51. The van der Waals surface area contributed by atoms with Crippen LogP contribution in [0.15, 0.2) is 217 Å². The van der Waals surface area contributed by atoms with E-state index in [2.05, 4.69) is 217 Å². The van der Waals surface area contributed by atoms with Gasteiger partial charge >= 0.3 is 0 Å². The van der Waals surface area contributed by atoms with Gasteiger partial charge in [0.15, 0.2) is 0 Å². The van der Waals surface area contributed by atoms with Crippen LogP contribution in [0.2, 0.25) is 0 Å². The SMILES string of the molecule is c1ccc(-c2c(N(c3ccccc3)c3ccc4c(c3)C3(c5ccccc5-c5ccccc53)c3ccccc3-4)ccc3oc4c5ccccc5c5ccccc5c4c23)cc1. The molecule has 59 heavy (non-hydrogen) atoms. The molecule has 1 spiro atoms. The first kappa shape index (κ1) is 32.4. The Hall–Kier alpha value is -7.68. The van der Waals surface area contributed by atoms with E-state index in [0.29, 0.717) is 0 Å². The normalized spacial score (nSPS) is 13.2. The summed E-state index contributed by atoms with van der Waals surface area (Å²) in [6.07, 6.45) is 0. The van der Waals surface area contributed by atoms with Gasteiger partial charge in [-0.25, -0.2) is 0 Å². The molecule has 11 aromatic rings. The zero-order valence-corrected chi connectivity index (χ0v) is 32.1. The molecule has 0 unspecified atom stereocenters. The van der Waals surface area contributed by atoms with Gasteiger partial charge in [-0.1, -0.05) is 176 Å². The van der Waals surface area contributed by atoms with Gasteiger partial charge in [0.1, 0.15) is 11.2 Å². The van der Waals surface area contributed by atoms with Crippen LogP contribution in [0.4, 0.5) is 17.1 Å². The van der Waals surface area contributed by atoms with E-state index >= 15 is 0 Å². The van der Waals surface area contributed by atoms with Gasteiger partial charge in [0.2, 0.25) is 0 Å². The number of anilines is 3. The second-order valence-electron chi connectivity index (χ2n) is 15.9. The molecular weight excluding hydrogens is 715 g/mol. The minimum atomic E-state index is -0.454. The maximum Gasteiger partial charge on any atom is 0.143 e. The van der Waals surface area contributed by atoms with Gasteiger partial charge in [-0.15, -0.1) is 0 Å². The van der Waals surface area contributed by atoms with Crippen molar-refractivity contribution in [1.82, 2.24) is 0 Å². The van der Waals surface area contributed by atoms with Crippen LogP contribution in [0.1, 0.15) is 22.3 Å². The van der Waals surface area contributed by atoms with Crippen LogP contribution >= 0.6 is 0 Å². The minimum absolute atomic E-state index is 0.454. The van der Waals surface area contributed by atoms with E-state index in [9.17, 15) is 0 Å². The predicted molar refractivity (Wildman–Crippen MR) is 245 cm³/mol. The third-order valence-electron chi connectivity index (χ3n) is 13.0. The molecule has 0 radical (unpaired) electrons. The Bertz CT molecular complexity index is 3440.